The lowest BCUT2D eigenvalue weighted by Crippen LogP contribution is -2.29. The lowest BCUT2D eigenvalue weighted by molar-refractivity contribution is -0.121. The maximum absolute atomic E-state index is 11.3. The molecule has 0 spiro atoms. The van der Waals surface area contributed by atoms with Crippen molar-refractivity contribution in [2.24, 2.45) is 0 Å². The Morgan fingerprint density at radius 1 is 1.35 bits per heavy atom. The fourth-order valence-electron chi connectivity index (χ4n) is 1.32. The summed E-state index contributed by atoms with van der Waals surface area (Å²) in [7, 11) is 1.61. The van der Waals surface area contributed by atoms with Gasteiger partial charge in [0.05, 0.1) is 6.61 Å². The lowest BCUT2D eigenvalue weighted by atomic mass is 10.2. The minimum Gasteiger partial charge on any atom is -0.383 e. The van der Waals surface area contributed by atoms with E-state index in [1.165, 1.54) is 5.56 Å². The van der Waals surface area contributed by atoms with Crippen LogP contribution in [0.4, 0.5) is 0 Å². The zero-order chi connectivity index (χ0) is 12.3. The molecular weight excluding hydrogens is 218 g/mol. The fraction of sp³-hybridized carbons (Fsp3) is 0.500. The predicted molar refractivity (Wildman–Crippen MR) is 65.4 cm³/mol. The van der Waals surface area contributed by atoms with E-state index in [0.29, 0.717) is 26.1 Å². The monoisotopic (exact) mass is 237 g/mol. The molecule has 5 nitrogen and oxygen atoms in total. The number of ether oxygens (including phenoxy) is 1. The number of hydrogen-bond acceptors (Lipinski definition) is 4. The second-order valence-corrected chi connectivity index (χ2v) is 3.62. The van der Waals surface area contributed by atoms with E-state index >= 15 is 0 Å². The van der Waals surface area contributed by atoms with E-state index in [1.54, 1.807) is 19.5 Å². The molecule has 0 fully saturated rings. The highest BCUT2D eigenvalue weighted by molar-refractivity contribution is 5.75. The van der Waals surface area contributed by atoms with Crippen LogP contribution >= 0.6 is 0 Å². The van der Waals surface area contributed by atoms with Crippen LogP contribution in [0, 0.1) is 0 Å². The molecule has 1 amide bonds. The van der Waals surface area contributed by atoms with Crippen molar-refractivity contribution in [2.75, 3.05) is 26.8 Å². The summed E-state index contributed by atoms with van der Waals surface area (Å²) in [5.74, 6) is 0.0456. The number of hydrogen-bond donors (Lipinski definition) is 2. The van der Waals surface area contributed by atoms with Gasteiger partial charge in [0, 0.05) is 45.6 Å². The van der Waals surface area contributed by atoms with Gasteiger partial charge in [-0.3, -0.25) is 9.78 Å². The number of rotatable bonds is 8. The van der Waals surface area contributed by atoms with Crippen molar-refractivity contribution in [1.29, 1.82) is 0 Å². The summed E-state index contributed by atoms with van der Waals surface area (Å²) in [5, 5.41) is 5.97. The van der Waals surface area contributed by atoms with Crippen molar-refractivity contribution in [3.05, 3.63) is 30.1 Å². The first kappa shape index (κ1) is 13.6. The summed E-state index contributed by atoms with van der Waals surface area (Å²) < 4.78 is 4.84. The Hall–Kier alpha value is -1.46. The third-order valence-electron chi connectivity index (χ3n) is 2.24. The van der Waals surface area contributed by atoms with E-state index in [1.807, 2.05) is 12.1 Å². The summed E-state index contributed by atoms with van der Waals surface area (Å²) in [4.78, 5) is 15.3. The van der Waals surface area contributed by atoms with Gasteiger partial charge < -0.3 is 15.4 Å². The minimum atomic E-state index is 0.0456. The van der Waals surface area contributed by atoms with Gasteiger partial charge in [-0.05, 0) is 17.7 Å². The van der Waals surface area contributed by atoms with Gasteiger partial charge in [0.1, 0.15) is 0 Å². The van der Waals surface area contributed by atoms with Crippen molar-refractivity contribution < 1.29 is 9.53 Å². The first-order valence-corrected chi connectivity index (χ1v) is 5.68. The van der Waals surface area contributed by atoms with Gasteiger partial charge >= 0.3 is 0 Å². The van der Waals surface area contributed by atoms with Gasteiger partial charge in [-0.25, -0.2) is 0 Å². The highest BCUT2D eigenvalue weighted by Gasteiger charge is 1.99. The number of amides is 1. The molecule has 17 heavy (non-hydrogen) atoms. The van der Waals surface area contributed by atoms with E-state index in [9.17, 15) is 4.79 Å². The molecule has 5 heteroatoms. The molecule has 1 aromatic rings. The summed E-state index contributed by atoms with van der Waals surface area (Å²) in [6, 6.07) is 3.90. The summed E-state index contributed by atoms with van der Waals surface area (Å²) in [6.45, 7) is 2.55. The van der Waals surface area contributed by atoms with Crippen LogP contribution in [0.5, 0.6) is 0 Å². The Bertz CT molecular complexity index is 317. The second kappa shape index (κ2) is 8.66. The van der Waals surface area contributed by atoms with Gasteiger partial charge in [-0.2, -0.15) is 0 Å². The third-order valence-corrected chi connectivity index (χ3v) is 2.24. The van der Waals surface area contributed by atoms with E-state index in [0.717, 1.165) is 6.54 Å². The Balaban J connectivity index is 2.02. The van der Waals surface area contributed by atoms with Crippen molar-refractivity contribution >= 4 is 5.91 Å². The molecule has 0 aromatic carbocycles. The lowest BCUT2D eigenvalue weighted by Gasteiger charge is -2.06. The Morgan fingerprint density at radius 2 is 2.12 bits per heavy atom. The molecule has 0 aliphatic heterocycles. The quantitative estimate of drug-likeness (QED) is 0.639. The molecule has 94 valence electrons. The van der Waals surface area contributed by atoms with Crippen LogP contribution in [0.15, 0.2) is 24.5 Å². The number of nitrogens with one attached hydrogen (secondary N) is 2. The Morgan fingerprint density at radius 3 is 2.82 bits per heavy atom. The molecule has 0 atom stereocenters. The second-order valence-electron chi connectivity index (χ2n) is 3.62. The predicted octanol–water partition coefficient (Wildman–Crippen LogP) is 0.324. The molecule has 0 aliphatic rings. The van der Waals surface area contributed by atoms with Crippen LogP contribution < -0.4 is 10.6 Å². The summed E-state index contributed by atoms with van der Waals surface area (Å²) >= 11 is 0. The van der Waals surface area contributed by atoms with E-state index in [4.69, 9.17) is 4.74 Å². The molecule has 0 unspecified atom stereocenters. The van der Waals surface area contributed by atoms with Crippen LogP contribution in [0.3, 0.4) is 0 Å². The smallest absolute Gasteiger partial charge is 0.221 e. The summed E-state index contributed by atoms with van der Waals surface area (Å²) in [6.07, 6.45) is 4.00. The van der Waals surface area contributed by atoms with Crippen LogP contribution in [0.2, 0.25) is 0 Å². The minimum absolute atomic E-state index is 0.0456. The number of aromatic nitrogens is 1. The highest BCUT2D eigenvalue weighted by atomic mass is 16.5. The van der Waals surface area contributed by atoms with E-state index < -0.39 is 0 Å². The van der Waals surface area contributed by atoms with Crippen molar-refractivity contribution in [3.63, 3.8) is 0 Å². The molecule has 1 rings (SSSR count). The van der Waals surface area contributed by atoms with Crippen molar-refractivity contribution in [2.45, 2.75) is 13.0 Å². The van der Waals surface area contributed by atoms with Crippen LogP contribution in [-0.2, 0) is 16.1 Å². The fourth-order valence-corrected chi connectivity index (χ4v) is 1.32. The van der Waals surface area contributed by atoms with Crippen molar-refractivity contribution in [1.82, 2.24) is 15.6 Å². The van der Waals surface area contributed by atoms with E-state index in [-0.39, 0.29) is 5.91 Å². The average Bonchev–Trinajstić information content (AvgIpc) is 2.36. The molecule has 0 saturated carbocycles. The molecule has 0 bridgehead atoms. The molecule has 1 aromatic heterocycles. The van der Waals surface area contributed by atoms with Gasteiger partial charge in [-0.15, -0.1) is 0 Å². The standard InChI is InChI=1S/C12H19N3O2/c1-17-9-8-15-12(16)4-7-14-10-11-2-5-13-6-3-11/h2-3,5-6,14H,4,7-10H2,1H3,(H,15,16). The van der Waals surface area contributed by atoms with Crippen LogP contribution in [0.1, 0.15) is 12.0 Å². The SMILES string of the molecule is COCCNC(=O)CCNCc1ccncc1. The first-order chi connectivity index (χ1) is 8.33. The number of pyridine rings is 1. The van der Waals surface area contributed by atoms with Crippen LogP contribution in [-0.4, -0.2) is 37.7 Å². The van der Waals surface area contributed by atoms with Gasteiger partial charge in [-0.1, -0.05) is 0 Å². The van der Waals surface area contributed by atoms with Gasteiger partial charge in [0.2, 0.25) is 5.91 Å². The van der Waals surface area contributed by atoms with Gasteiger partial charge in [0.25, 0.3) is 0 Å². The number of methoxy groups -OCH3 is 1. The summed E-state index contributed by atoms with van der Waals surface area (Å²) in [5.41, 5.74) is 1.17. The third kappa shape index (κ3) is 6.65. The Kier molecular flexibility index (Phi) is 6.93. The topological polar surface area (TPSA) is 63.2 Å². The highest BCUT2D eigenvalue weighted by Crippen LogP contribution is 1.94. The molecule has 0 aliphatic carbocycles. The Labute approximate surface area is 102 Å². The maximum atomic E-state index is 11.3. The number of carbonyl (C=O) groups is 1. The normalized spacial score (nSPS) is 10.2. The average molecular weight is 237 g/mol. The zero-order valence-electron chi connectivity index (χ0n) is 10.1. The molecule has 0 saturated heterocycles. The number of carbonyl (C=O) groups excluding carboxylic acids is 1. The molecule has 0 radical (unpaired) electrons. The molecular formula is C12H19N3O2. The number of nitrogens with zero attached hydrogens (tertiary/aromatic N) is 1. The largest absolute Gasteiger partial charge is 0.383 e. The zero-order valence-corrected chi connectivity index (χ0v) is 10.1. The van der Waals surface area contributed by atoms with Crippen molar-refractivity contribution in [3.8, 4) is 0 Å². The van der Waals surface area contributed by atoms with Crippen LogP contribution in [0.25, 0.3) is 0 Å². The van der Waals surface area contributed by atoms with E-state index in [2.05, 4.69) is 15.6 Å². The molecule has 1 heterocycles. The maximum Gasteiger partial charge on any atom is 0.221 e. The van der Waals surface area contributed by atoms with Gasteiger partial charge in [0.15, 0.2) is 0 Å². The first-order valence-electron chi connectivity index (χ1n) is 5.68. The molecule has 2 N–H and O–H groups in total.